The van der Waals surface area contributed by atoms with Crippen LogP contribution in [0.1, 0.15) is 13.8 Å². The van der Waals surface area contributed by atoms with Gasteiger partial charge in [-0.3, -0.25) is 4.79 Å². The predicted octanol–water partition coefficient (Wildman–Crippen LogP) is -3.84. The fraction of sp³-hybridized carbons (Fsp3) is 0.750. The first-order valence-electron chi connectivity index (χ1n) is 3.88. The van der Waals surface area contributed by atoms with Crippen molar-refractivity contribution in [3.63, 3.8) is 0 Å². The number of hydrogen-bond acceptors (Lipinski definition) is 5. The first-order chi connectivity index (χ1) is 6.18. The molecule has 0 atom stereocenters. The average Bonchev–Trinajstić information content (AvgIpc) is 2.06. The highest BCUT2D eigenvalue weighted by molar-refractivity contribution is 6.40. The van der Waals surface area contributed by atoms with Crippen LogP contribution in [0.15, 0.2) is 0 Å². The van der Waals surface area contributed by atoms with Gasteiger partial charge in [-0.25, -0.2) is 0 Å². The van der Waals surface area contributed by atoms with E-state index in [0.29, 0.717) is 6.61 Å². The monoisotopic (exact) mass is 258 g/mol. The summed E-state index contributed by atoms with van der Waals surface area (Å²) in [5, 5.41) is 0. The van der Waals surface area contributed by atoms with E-state index in [-0.39, 0.29) is 5.97 Å². The molecule has 0 aromatic carbocycles. The van der Waals surface area contributed by atoms with Crippen molar-refractivity contribution >= 4 is 47.0 Å². The van der Waals surface area contributed by atoms with E-state index in [9.17, 15) is 4.79 Å². The second-order valence-corrected chi connectivity index (χ2v) is 8.66. The van der Waals surface area contributed by atoms with Crippen LogP contribution in [0.25, 0.3) is 0 Å². The summed E-state index contributed by atoms with van der Waals surface area (Å²) in [6.45, 7) is 3.65. The lowest BCUT2D eigenvalue weighted by molar-refractivity contribution is -0.140. The Balaban J connectivity index is 0. The normalized spacial score (nSPS) is 10.9. The minimum Gasteiger partial charge on any atom is -0.466 e. The van der Waals surface area contributed by atoms with Crippen molar-refractivity contribution < 1.29 is 21.9 Å². The van der Waals surface area contributed by atoms with Gasteiger partial charge in [0.15, 0.2) is 0 Å². The van der Waals surface area contributed by atoms with Gasteiger partial charge in [0, 0.05) is 6.92 Å². The van der Waals surface area contributed by atoms with Crippen molar-refractivity contribution in [3.8, 4) is 0 Å². The summed E-state index contributed by atoms with van der Waals surface area (Å²) in [7, 11) is 0.504. The van der Waals surface area contributed by atoms with Gasteiger partial charge in [0.05, 0.1) is 6.61 Å². The van der Waals surface area contributed by atoms with Crippen molar-refractivity contribution in [2.75, 3.05) is 6.61 Å². The molecule has 0 fully saturated rings. The molecule has 0 aliphatic heterocycles. The second kappa shape index (κ2) is 14.7. The molecule has 80 valence electrons. The van der Waals surface area contributed by atoms with Crippen LogP contribution in [0.4, 0.5) is 0 Å². The first-order valence-corrected chi connectivity index (χ1v) is 7.82. The van der Waals surface area contributed by atoms with E-state index < -0.39 is 20.0 Å². The van der Waals surface area contributed by atoms with Crippen molar-refractivity contribution in [2.24, 2.45) is 0 Å². The summed E-state index contributed by atoms with van der Waals surface area (Å²) in [6, 6.07) is 0. The van der Waals surface area contributed by atoms with Crippen molar-refractivity contribution in [3.05, 3.63) is 0 Å². The second-order valence-electron chi connectivity index (χ2n) is 1.94. The summed E-state index contributed by atoms with van der Waals surface area (Å²) in [5.41, 5.74) is 0. The summed E-state index contributed by atoms with van der Waals surface area (Å²) in [5.74, 6) is -0.211. The number of rotatable bonds is 5. The molecule has 0 amide bonds. The molecular weight excluding hydrogens is 240 g/mol. The molecule has 0 heterocycles. The topological polar surface area (TPSA) is 54.0 Å². The van der Waals surface area contributed by atoms with Gasteiger partial charge in [0.25, 0.3) is 20.0 Å². The Labute approximate surface area is 89.7 Å². The van der Waals surface area contributed by atoms with Gasteiger partial charge in [-0.1, -0.05) is 0 Å². The number of carbonyl (C=O) groups excluding carboxylic acids is 1. The molecule has 0 saturated heterocycles. The highest BCUT2D eigenvalue weighted by Crippen LogP contribution is 1.69. The van der Waals surface area contributed by atoms with Crippen LogP contribution in [0, 0.1) is 0 Å². The minimum atomic E-state index is -0.569. The molecule has 0 saturated carbocycles. The molecule has 0 rings (SSSR count). The van der Waals surface area contributed by atoms with E-state index in [1.165, 1.54) is 6.92 Å². The Bertz CT molecular complexity index is 109. The van der Waals surface area contributed by atoms with E-state index in [2.05, 4.69) is 4.74 Å². The van der Waals surface area contributed by atoms with Crippen molar-refractivity contribution in [1.82, 2.24) is 0 Å². The van der Waals surface area contributed by atoms with Gasteiger partial charge >= 0.3 is 5.97 Å². The molecule has 0 aromatic rings. The molecule has 0 radical (unpaired) electrons. The van der Waals surface area contributed by atoms with Gasteiger partial charge in [0.2, 0.25) is 0 Å². The molecule has 0 aromatic heterocycles. The third-order valence-electron chi connectivity index (χ3n) is 0.750. The third-order valence-corrected chi connectivity index (χ3v) is 3.97. The SMILES string of the molecule is CCOC(C)=O.[SiH3]O[SiH2]O[SiH2]O[SiH3]. The van der Waals surface area contributed by atoms with Gasteiger partial charge in [0.1, 0.15) is 21.0 Å². The Morgan fingerprint density at radius 3 is 1.92 bits per heavy atom. The van der Waals surface area contributed by atoms with Gasteiger partial charge in [-0.15, -0.1) is 0 Å². The molecular formula is C4H18O5Si4. The highest BCUT2D eigenvalue weighted by atomic mass is 28.4. The van der Waals surface area contributed by atoms with E-state index in [1.54, 1.807) is 6.92 Å². The number of ether oxygens (including phenoxy) is 1. The molecule has 0 N–H and O–H groups in total. The van der Waals surface area contributed by atoms with Crippen LogP contribution in [0.3, 0.4) is 0 Å². The molecule has 5 nitrogen and oxygen atoms in total. The summed E-state index contributed by atoms with van der Waals surface area (Å²) >= 11 is 0. The fourth-order valence-corrected chi connectivity index (χ4v) is 5.01. The Morgan fingerprint density at radius 2 is 1.77 bits per heavy atom. The van der Waals surface area contributed by atoms with Crippen molar-refractivity contribution in [1.29, 1.82) is 0 Å². The Kier molecular flexibility index (Phi) is 17.8. The molecule has 0 unspecified atom stereocenters. The summed E-state index contributed by atoms with van der Waals surface area (Å²) in [6.07, 6.45) is 0. The van der Waals surface area contributed by atoms with Crippen LogP contribution in [-0.4, -0.2) is 53.6 Å². The number of hydrogen-bond donors (Lipinski definition) is 0. The zero-order chi connectivity index (χ0) is 10.5. The number of carbonyl (C=O) groups is 1. The van der Waals surface area contributed by atoms with Gasteiger partial charge < -0.3 is 17.1 Å². The van der Waals surface area contributed by atoms with E-state index in [1.807, 2.05) is 0 Å². The maximum atomic E-state index is 9.82. The molecule has 9 heteroatoms. The first kappa shape index (κ1) is 15.7. The largest absolute Gasteiger partial charge is 0.466 e. The lowest BCUT2D eigenvalue weighted by Gasteiger charge is -1.97. The fourth-order valence-electron chi connectivity index (χ4n) is 0.404. The smallest absolute Gasteiger partial charge is 0.302 e. The van der Waals surface area contributed by atoms with Crippen LogP contribution in [0.2, 0.25) is 0 Å². The zero-order valence-corrected chi connectivity index (χ0v) is 15.5. The van der Waals surface area contributed by atoms with E-state index in [0.717, 1.165) is 21.0 Å². The minimum absolute atomic E-state index is 0.211. The van der Waals surface area contributed by atoms with E-state index >= 15 is 0 Å². The van der Waals surface area contributed by atoms with Gasteiger partial charge in [-0.05, 0) is 6.92 Å². The molecule has 13 heavy (non-hydrogen) atoms. The highest BCUT2D eigenvalue weighted by Gasteiger charge is 1.81. The lowest BCUT2D eigenvalue weighted by Crippen LogP contribution is -2.08. The van der Waals surface area contributed by atoms with Crippen LogP contribution >= 0.6 is 0 Å². The Morgan fingerprint density at radius 1 is 1.31 bits per heavy atom. The van der Waals surface area contributed by atoms with Crippen LogP contribution in [0.5, 0.6) is 0 Å². The average molecular weight is 259 g/mol. The van der Waals surface area contributed by atoms with Crippen LogP contribution < -0.4 is 0 Å². The lowest BCUT2D eigenvalue weighted by atomic mass is 10.8. The maximum Gasteiger partial charge on any atom is 0.302 e. The summed E-state index contributed by atoms with van der Waals surface area (Å²) in [4.78, 5) is 9.82. The van der Waals surface area contributed by atoms with E-state index in [4.69, 9.17) is 12.3 Å². The molecule has 0 aliphatic carbocycles. The molecule has 0 bridgehead atoms. The van der Waals surface area contributed by atoms with Crippen LogP contribution in [-0.2, 0) is 21.9 Å². The maximum absolute atomic E-state index is 9.82. The zero-order valence-electron chi connectivity index (χ0n) is 8.66. The number of esters is 1. The summed E-state index contributed by atoms with van der Waals surface area (Å²) < 4.78 is 19.2. The molecule has 0 aliphatic rings. The van der Waals surface area contributed by atoms with Crippen molar-refractivity contribution in [2.45, 2.75) is 13.8 Å². The Hall–Kier alpha value is 0.218. The quantitative estimate of drug-likeness (QED) is 0.287. The van der Waals surface area contributed by atoms with Gasteiger partial charge in [-0.2, -0.15) is 0 Å². The predicted molar refractivity (Wildman–Crippen MR) is 62.5 cm³/mol. The molecule has 0 spiro atoms. The standard InChI is InChI=1S/C4H8O2.H10O3Si4/c1-3-6-4(2)5;4-1-6-3-7-2-5/h3H2,1-2H3;6-7H2,4-5H3. The third kappa shape index (κ3) is 24.5.